The van der Waals surface area contributed by atoms with E-state index in [1.165, 1.54) is 18.1 Å². The van der Waals surface area contributed by atoms with Gasteiger partial charge in [0.1, 0.15) is 12.4 Å². The van der Waals surface area contributed by atoms with Crippen molar-refractivity contribution in [1.82, 2.24) is 14.8 Å². The number of amides is 1. The second kappa shape index (κ2) is 4.54. The molecule has 0 bridgehead atoms. The summed E-state index contributed by atoms with van der Waals surface area (Å²) in [6.45, 7) is 1.79. The Labute approximate surface area is 86.2 Å². The summed E-state index contributed by atoms with van der Waals surface area (Å²) in [6, 6.07) is -0.587. The number of methoxy groups -OCH3 is 1. The highest BCUT2D eigenvalue weighted by molar-refractivity contribution is 5.85. The number of carbonyl (C=O) groups is 2. The molecule has 2 N–H and O–H groups in total. The monoisotopic (exact) mass is 212 g/mol. The molecule has 0 spiro atoms. The number of primary amides is 1. The summed E-state index contributed by atoms with van der Waals surface area (Å²) in [6.07, 6.45) is 1.77. The number of nitrogens with zero attached hydrogens (tertiary/aromatic N) is 3. The van der Waals surface area contributed by atoms with Gasteiger partial charge in [-0.25, -0.2) is 14.5 Å². The fourth-order valence-corrected chi connectivity index (χ4v) is 1.13. The Morgan fingerprint density at radius 2 is 2.33 bits per heavy atom. The minimum Gasteiger partial charge on any atom is -0.463 e. The Bertz CT molecular complexity index is 374. The summed E-state index contributed by atoms with van der Waals surface area (Å²) in [4.78, 5) is 25.7. The molecule has 0 saturated heterocycles. The Morgan fingerprint density at radius 1 is 1.67 bits per heavy atom. The summed E-state index contributed by atoms with van der Waals surface area (Å²) >= 11 is 0. The zero-order valence-electron chi connectivity index (χ0n) is 8.51. The first kappa shape index (κ1) is 11.2. The molecule has 1 aromatic rings. The third-order valence-corrected chi connectivity index (χ3v) is 1.91. The average molecular weight is 212 g/mol. The largest absolute Gasteiger partial charge is 0.463 e. The first-order valence-corrected chi connectivity index (χ1v) is 4.39. The van der Waals surface area contributed by atoms with Crippen LogP contribution in [0.4, 0.5) is 0 Å². The fraction of sp³-hybridized carbons (Fsp3) is 0.500. The van der Waals surface area contributed by atoms with Crippen molar-refractivity contribution in [2.75, 3.05) is 7.11 Å². The van der Waals surface area contributed by atoms with E-state index in [-0.39, 0.29) is 5.82 Å². The van der Waals surface area contributed by atoms with Crippen molar-refractivity contribution in [3.05, 3.63) is 12.2 Å². The van der Waals surface area contributed by atoms with Crippen LogP contribution in [0.5, 0.6) is 0 Å². The minimum absolute atomic E-state index is 0.0859. The third kappa shape index (κ3) is 2.30. The van der Waals surface area contributed by atoms with Gasteiger partial charge in [0.25, 0.3) is 5.82 Å². The number of hydrogen-bond donors (Lipinski definition) is 1. The van der Waals surface area contributed by atoms with Crippen LogP contribution in [-0.2, 0) is 9.53 Å². The minimum atomic E-state index is -0.645. The maximum Gasteiger partial charge on any atom is 0.377 e. The van der Waals surface area contributed by atoms with Gasteiger partial charge in [0.2, 0.25) is 5.91 Å². The lowest BCUT2D eigenvalue weighted by atomic mass is 10.2. The molecule has 1 rings (SSSR count). The van der Waals surface area contributed by atoms with Crippen molar-refractivity contribution in [3.8, 4) is 0 Å². The van der Waals surface area contributed by atoms with Crippen LogP contribution in [0, 0.1) is 0 Å². The number of carbonyl (C=O) groups excluding carboxylic acids is 2. The third-order valence-electron chi connectivity index (χ3n) is 1.91. The van der Waals surface area contributed by atoms with Crippen LogP contribution < -0.4 is 5.73 Å². The highest BCUT2D eigenvalue weighted by Gasteiger charge is 2.19. The van der Waals surface area contributed by atoms with Crippen LogP contribution >= 0.6 is 0 Å². The van der Waals surface area contributed by atoms with E-state index in [0.717, 1.165) is 0 Å². The summed E-state index contributed by atoms with van der Waals surface area (Å²) < 4.78 is 5.69. The summed E-state index contributed by atoms with van der Waals surface area (Å²) in [5.41, 5.74) is 5.15. The Kier molecular flexibility index (Phi) is 3.37. The van der Waals surface area contributed by atoms with E-state index < -0.39 is 17.9 Å². The zero-order chi connectivity index (χ0) is 11.4. The van der Waals surface area contributed by atoms with E-state index >= 15 is 0 Å². The molecule has 1 atom stereocenters. The number of hydrogen-bond acceptors (Lipinski definition) is 5. The van der Waals surface area contributed by atoms with Gasteiger partial charge in [-0.05, 0) is 6.42 Å². The van der Waals surface area contributed by atoms with E-state index in [1.54, 1.807) is 6.92 Å². The topological polar surface area (TPSA) is 100 Å². The van der Waals surface area contributed by atoms with Crippen molar-refractivity contribution in [1.29, 1.82) is 0 Å². The molecule has 7 nitrogen and oxygen atoms in total. The number of ether oxygens (including phenoxy) is 1. The van der Waals surface area contributed by atoms with Gasteiger partial charge in [0, 0.05) is 0 Å². The smallest absolute Gasteiger partial charge is 0.377 e. The van der Waals surface area contributed by atoms with Crippen molar-refractivity contribution in [2.45, 2.75) is 19.4 Å². The van der Waals surface area contributed by atoms with Crippen LogP contribution in [0.25, 0.3) is 0 Å². The van der Waals surface area contributed by atoms with Gasteiger partial charge in [-0.3, -0.25) is 4.79 Å². The molecule has 1 unspecified atom stereocenters. The lowest BCUT2D eigenvalue weighted by Crippen LogP contribution is -2.26. The molecule has 15 heavy (non-hydrogen) atoms. The molecule has 1 aromatic heterocycles. The Morgan fingerprint density at radius 3 is 2.80 bits per heavy atom. The van der Waals surface area contributed by atoms with E-state index in [0.29, 0.717) is 6.42 Å². The van der Waals surface area contributed by atoms with Crippen molar-refractivity contribution < 1.29 is 14.3 Å². The molecule has 7 heteroatoms. The second-order valence-corrected chi connectivity index (χ2v) is 2.87. The molecule has 0 aliphatic rings. The first-order valence-electron chi connectivity index (χ1n) is 4.39. The molecule has 0 radical (unpaired) electrons. The molecule has 0 aliphatic heterocycles. The van der Waals surface area contributed by atoms with Crippen LogP contribution in [0.3, 0.4) is 0 Å². The normalized spacial score (nSPS) is 12.1. The lowest BCUT2D eigenvalue weighted by molar-refractivity contribution is -0.121. The molecule has 0 aromatic carbocycles. The maximum atomic E-state index is 11.0. The van der Waals surface area contributed by atoms with Crippen LogP contribution in [-0.4, -0.2) is 33.8 Å². The van der Waals surface area contributed by atoms with Gasteiger partial charge >= 0.3 is 5.97 Å². The molecule has 82 valence electrons. The second-order valence-electron chi connectivity index (χ2n) is 2.87. The number of rotatable bonds is 4. The van der Waals surface area contributed by atoms with Gasteiger partial charge in [-0.1, -0.05) is 6.92 Å². The molecular weight excluding hydrogens is 200 g/mol. The van der Waals surface area contributed by atoms with E-state index in [9.17, 15) is 9.59 Å². The predicted octanol–water partition coefficient (Wildman–Crippen LogP) is -0.499. The van der Waals surface area contributed by atoms with Gasteiger partial charge in [0.15, 0.2) is 0 Å². The highest BCUT2D eigenvalue weighted by Crippen LogP contribution is 2.08. The quantitative estimate of drug-likeness (QED) is 0.678. The molecule has 0 saturated carbocycles. The summed E-state index contributed by atoms with van der Waals surface area (Å²) in [7, 11) is 1.23. The molecular formula is C8H12N4O3. The standard InChI is InChI=1S/C8H12N4O3/c1-3-5(6(9)13)12-4-10-7(11-12)8(14)15-2/h4-5H,3H2,1-2H3,(H2,9,13). The lowest BCUT2D eigenvalue weighted by Gasteiger charge is -2.09. The van der Waals surface area contributed by atoms with Crippen LogP contribution in [0.1, 0.15) is 30.0 Å². The first-order chi connectivity index (χ1) is 7.10. The van der Waals surface area contributed by atoms with E-state index in [4.69, 9.17) is 5.73 Å². The number of nitrogens with two attached hydrogens (primary N) is 1. The summed E-state index contributed by atoms with van der Waals surface area (Å²) in [5, 5.41) is 3.80. The van der Waals surface area contributed by atoms with Crippen molar-refractivity contribution in [2.24, 2.45) is 5.73 Å². The van der Waals surface area contributed by atoms with Crippen molar-refractivity contribution >= 4 is 11.9 Å². The van der Waals surface area contributed by atoms with Crippen LogP contribution in [0.2, 0.25) is 0 Å². The van der Waals surface area contributed by atoms with E-state index in [2.05, 4.69) is 14.8 Å². The van der Waals surface area contributed by atoms with Gasteiger partial charge in [-0.15, -0.1) is 5.10 Å². The Hall–Kier alpha value is -1.92. The number of aromatic nitrogens is 3. The van der Waals surface area contributed by atoms with Gasteiger partial charge < -0.3 is 10.5 Å². The highest BCUT2D eigenvalue weighted by atomic mass is 16.5. The zero-order valence-corrected chi connectivity index (χ0v) is 8.51. The molecule has 1 amide bonds. The van der Waals surface area contributed by atoms with Crippen LogP contribution in [0.15, 0.2) is 6.33 Å². The SMILES string of the molecule is CCC(C(N)=O)n1cnc(C(=O)OC)n1. The van der Waals surface area contributed by atoms with Gasteiger partial charge in [-0.2, -0.15) is 0 Å². The van der Waals surface area contributed by atoms with E-state index in [1.807, 2.05) is 0 Å². The molecule has 0 fully saturated rings. The fourth-order valence-electron chi connectivity index (χ4n) is 1.13. The molecule has 0 aliphatic carbocycles. The maximum absolute atomic E-state index is 11.0. The predicted molar refractivity (Wildman–Crippen MR) is 49.9 cm³/mol. The number of esters is 1. The Balaban J connectivity index is 2.92. The molecule has 1 heterocycles. The van der Waals surface area contributed by atoms with Gasteiger partial charge in [0.05, 0.1) is 7.11 Å². The average Bonchev–Trinajstić information content (AvgIpc) is 2.66. The van der Waals surface area contributed by atoms with Crippen molar-refractivity contribution in [3.63, 3.8) is 0 Å². The summed E-state index contributed by atoms with van der Waals surface area (Å²) in [5.74, 6) is -1.25.